The number of nitrogens with zero attached hydrogens (tertiary/aromatic N) is 4. The Morgan fingerprint density at radius 1 is 1.38 bits per heavy atom. The summed E-state index contributed by atoms with van der Waals surface area (Å²) in [6.07, 6.45) is 1.43. The van der Waals surface area contributed by atoms with Crippen LogP contribution in [0.1, 0.15) is 6.42 Å². The zero-order valence-electron chi connectivity index (χ0n) is 12.3. The predicted molar refractivity (Wildman–Crippen MR) is 89.3 cm³/mol. The van der Waals surface area contributed by atoms with E-state index in [2.05, 4.69) is 46.6 Å². The molecule has 9 nitrogen and oxygen atoms in total. The number of aromatic amines is 2. The van der Waals surface area contributed by atoms with E-state index in [0.717, 1.165) is 15.4 Å². The first kappa shape index (κ1) is 14.8. The quantitative estimate of drug-likeness (QED) is 0.625. The number of halogens is 1. The Morgan fingerprint density at radius 3 is 3.04 bits per heavy atom. The number of amides is 2. The van der Waals surface area contributed by atoms with Gasteiger partial charge in [-0.3, -0.25) is 24.9 Å². The molecule has 0 spiro atoms. The van der Waals surface area contributed by atoms with Crippen molar-refractivity contribution in [2.45, 2.75) is 6.42 Å². The second-order valence-electron chi connectivity index (χ2n) is 5.47. The van der Waals surface area contributed by atoms with Gasteiger partial charge in [-0.05, 0) is 18.2 Å². The normalized spacial score (nSPS) is 17.6. The summed E-state index contributed by atoms with van der Waals surface area (Å²) in [5, 5.41) is 16.8. The Balaban J connectivity index is 1.56. The number of rotatable bonds is 3. The molecule has 0 bridgehead atoms. The predicted octanol–water partition coefficient (Wildman–Crippen LogP) is 1.44. The number of H-pyrrole nitrogens is 2. The Labute approximate surface area is 144 Å². The third kappa shape index (κ3) is 2.54. The van der Waals surface area contributed by atoms with E-state index in [1.165, 1.54) is 11.2 Å². The Hall–Kier alpha value is -2.75. The highest BCUT2D eigenvalue weighted by atomic mass is 79.9. The van der Waals surface area contributed by atoms with Crippen molar-refractivity contribution >= 4 is 50.4 Å². The Bertz CT molecular complexity index is 921. The van der Waals surface area contributed by atoms with E-state index in [9.17, 15) is 9.59 Å². The van der Waals surface area contributed by atoms with E-state index in [0.29, 0.717) is 5.82 Å². The number of hydrogen-bond donors (Lipinski definition) is 3. The van der Waals surface area contributed by atoms with Crippen molar-refractivity contribution in [3.8, 4) is 0 Å². The molecule has 1 fully saturated rings. The van der Waals surface area contributed by atoms with Gasteiger partial charge in [-0.2, -0.15) is 15.2 Å². The lowest BCUT2D eigenvalue weighted by Gasteiger charge is -2.13. The van der Waals surface area contributed by atoms with E-state index < -0.39 is 5.92 Å². The minimum Gasteiger partial charge on any atom is -0.295 e. The molecule has 24 heavy (non-hydrogen) atoms. The van der Waals surface area contributed by atoms with Crippen LogP contribution in [0.4, 0.5) is 11.8 Å². The maximum absolute atomic E-state index is 12.3. The summed E-state index contributed by atoms with van der Waals surface area (Å²) < 4.78 is 0.919. The molecule has 1 saturated heterocycles. The summed E-state index contributed by atoms with van der Waals surface area (Å²) >= 11 is 3.40. The van der Waals surface area contributed by atoms with Crippen molar-refractivity contribution in [1.29, 1.82) is 0 Å². The van der Waals surface area contributed by atoms with E-state index in [1.54, 1.807) is 0 Å². The fourth-order valence-corrected chi connectivity index (χ4v) is 3.12. The molecule has 2 amide bonds. The second kappa shape index (κ2) is 5.71. The molecule has 0 aliphatic carbocycles. The molecular weight excluding hydrogens is 378 g/mol. The number of aromatic nitrogens is 5. The van der Waals surface area contributed by atoms with Gasteiger partial charge in [0.1, 0.15) is 6.33 Å². The van der Waals surface area contributed by atoms with Crippen molar-refractivity contribution in [2.75, 3.05) is 16.8 Å². The molecular formula is C14H12BrN7O2. The van der Waals surface area contributed by atoms with Crippen molar-refractivity contribution in [3.63, 3.8) is 0 Å². The van der Waals surface area contributed by atoms with Crippen LogP contribution in [0.2, 0.25) is 0 Å². The Morgan fingerprint density at radius 2 is 2.25 bits per heavy atom. The van der Waals surface area contributed by atoms with Gasteiger partial charge in [0.25, 0.3) is 0 Å². The van der Waals surface area contributed by atoms with Crippen LogP contribution in [0.3, 0.4) is 0 Å². The van der Waals surface area contributed by atoms with Crippen molar-refractivity contribution in [1.82, 2.24) is 25.4 Å². The van der Waals surface area contributed by atoms with Crippen LogP contribution in [0.15, 0.2) is 29.0 Å². The zero-order chi connectivity index (χ0) is 16.7. The molecule has 0 unspecified atom stereocenters. The lowest BCUT2D eigenvalue weighted by Crippen LogP contribution is -2.28. The smallest absolute Gasteiger partial charge is 0.232 e. The summed E-state index contributed by atoms with van der Waals surface area (Å²) in [5.74, 6) is -0.0718. The molecule has 10 heteroatoms. The van der Waals surface area contributed by atoms with Crippen LogP contribution in [-0.4, -0.2) is 43.7 Å². The van der Waals surface area contributed by atoms with Gasteiger partial charge in [0.15, 0.2) is 5.82 Å². The number of benzene rings is 1. The molecule has 3 heterocycles. The molecule has 122 valence electrons. The molecule has 1 aliphatic rings. The van der Waals surface area contributed by atoms with Crippen LogP contribution in [0, 0.1) is 5.92 Å². The highest BCUT2D eigenvalue weighted by molar-refractivity contribution is 9.10. The average Bonchev–Trinajstić information content (AvgIpc) is 3.26. The van der Waals surface area contributed by atoms with Gasteiger partial charge in [0.05, 0.1) is 11.4 Å². The molecule has 1 aliphatic heterocycles. The second-order valence-corrected chi connectivity index (χ2v) is 6.38. The van der Waals surface area contributed by atoms with Crippen LogP contribution in [0.5, 0.6) is 0 Å². The first-order valence-corrected chi connectivity index (χ1v) is 8.01. The number of hydrogen-bond acceptors (Lipinski definition) is 5. The van der Waals surface area contributed by atoms with Crippen LogP contribution < -0.4 is 10.2 Å². The maximum Gasteiger partial charge on any atom is 0.232 e. The number of nitrogens with one attached hydrogen (secondary N) is 3. The average molecular weight is 390 g/mol. The third-order valence-electron chi connectivity index (χ3n) is 3.91. The standard InChI is InChI=1S/C14H12BrN7O2/c15-8-1-2-9-10(4-8)19-20-12(9)22-5-7(3-11(22)23)13(24)18-14-16-6-17-21-14/h1-2,4,6-7H,3,5H2,(H,19,20)(H2,16,17,18,21,24)/t7-/m1/s1. The van der Waals surface area contributed by atoms with Gasteiger partial charge in [-0.1, -0.05) is 15.9 Å². The Kier molecular flexibility index (Phi) is 3.53. The SMILES string of the molecule is O=C(Nc1ncn[nH]1)[C@@H]1CC(=O)N(c2n[nH]c3cc(Br)ccc23)C1. The number of fused-ring (bicyclic) bond motifs is 1. The fraction of sp³-hybridized carbons (Fsp3) is 0.214. The first-order valence-electron chi connectivity index (χ1n) is 7.22. The van der Waals surface area contributed by atoms with E-state index in [1.807, 2.05) is 18.2 Å². The van der Waals surface area contributed by atoms with Crippen LogP contribution >= 0.6 is 15.9 Å². The summed E-state index contributed by atoms with van der Waals surface area (Å²) in [4.78, 5) is 30.0. The number of anilines is 2. The fourth-order valence-electron chi connectivity index (χ4n) is 2.76. The van der Waals surface area contributed by atoms with Crippen LogP contribution in [0.25, 0.3) is 10.9 Å². The molecule has 3 N–H and O–H groups in total. The van der Waals surface area contributed by atoms with Gasteiger partial charge in [-0.25, -0.2) is 5.10 Å². The van der Waals surface area contributed by atoms with Gasteiger partial charge in [-0.15, -0.1) is 0 Å². The first-order chi connectivity index (χ1) is 11.6. The molecule has 3 aromatic rings. The van der Waals surface area contributed by atoms with E-state index in [4.69, 9.17) is 0 Å². The topological polar surface area (TPSA) is 120 Å². The lowest BCUT2D eigenvalue weighted by atomic mass is 10.1. The van der Waals surface area contributed by atoms with Gasteiger partial charge < -0.3 is 0 Å². The molecule has 1 aromatic carbocycles. The van der Waals surface area contributed by atoms with Gasteiger partial charge >= 0.3 is 0 Å². The number of carbonyl (C=O) groups excluding carboxylic acids is 2. The van der Waals surface area contributed by atoms with Crippen LogP contribution in [-0.2, 0) is 9.59 Å². The van der Waals surface area contributed by atoms with Gasteiger partial charge in [0.2, 0.25) is 17.8 Å². The summed E-state index contributed by atoms with van der Waals surface area (Å²) in [7, 11) is 0. The summed E-state index contributed by atoms with van der Waals surface area (Å²) in [6, 6.07) is 5.66. The summed E-state index contributed by atoms with van der Waals surface area (Å²) in [6.45, 7) is 0.273. The minimum absolute atomic E-state index is 0.130. The van der Waals surface area contributed by atoms with E-state index >= 15 is 0 Å². The molecule has 2 aromatic heterocycles. The molecule has 0 saturated carbocycles. The molecule has 1 atom stereocenters. The lowest BCUT2D eigenvalue weighted by molar-refractivity contribution is -0.122. The van der Waals surface area contributed by atoms with Crippen molar-refractivity contribution in [3.05, 3.63) is 29.0 Å². The van der Waals surface area contributed by atoms with Crippen molar-refractivity contribution in [2.24, 2.45) is 5.92 Å². The maximum atomic E-state index is 12.3. The minimum atomic E-state index is -0.468. The largest absolute Gasteiger partial charge is 0.295 e. The number of carbonyl (C=O) groups is 2. The highest BCUT2D eigenvalue weighted by Crippen LogP contribution is 2.31. The highest BCUT2D eigenvalue weighted by Gasteiger charge is 2.37. The third-order valence-corrected chi connectivity index (χ3v) is 4.41. The van der Waals surface area contributed by atoms with Crippen molar-refractivity contribution < 1.29 is 9.59 Å². The van der Waals surface area contributed by atoms with Gasteiger partial charge in [0, 0.05) is 22.8 Å². The van der Waals surface area contributed by atoms with E-state index in [-0.39, 0.29) is 30.7 Å². The monoisotopic (exact) mass is 389 g/mol. The summed E-state index contributed by atoms with van der Waals surface area (Å²) in [5.41, 5.74) is 0.821. The zero-order valence-corrected chi connectivity index (χ0v) is 13.9. The molecule has 4 rings (SSSR count). The molecule has 0 radical (unpaired) electrons.